The maximum atomic E-state index is 13.5. The van der Waals surface area contributed by atoms with Crippen molar-refractivity contribution in [3.63, 3.8) is 0 Å². The fourth-order valence-corrected chi connectivity index (χ4v) is 12.5. The zero-order valence-electron chi connectivity index (χ0n) is 33.3. The summed E-state index contributed by atoms with van der Waals surface area (Å²) >= 11 is 0. The first-order valence-electron chi connectivity index (χ1n) is 22.1. The fraction of sp³-hybridized carbons (Fsp3) is 0.909. The SMILES string of the molecule is COC(=O)C(C)(C1CCC(OOCC2CCC(C3CCCCC3)CC2C(=O)O)CC1)C1CCC(OC(=O)C2CCC(C3CCCCC3)CC2C(=O)O)CC1. The molecule has 0 heterocycles. The number of carboxylic acids is 2. The number of carbonyl (C=O) groups is 4. The first-order valence-corrected chi connectivity index (χ1v) is 22.1. The number of methoxy groups -OCH3 is 1. The molecule has 2 N–H and O–H groups in total. The molecule has 6 aliphatic rings. The minimum Gasteiger partial charge on any atom is -0.481 e. The van der Waals surface area contributed by atoms with Gasteiger partial charge in [0, 0.05) is 0 Å². The average molecular weight is 759 g/mol. The second-order valence-electron chi connectivity index (χ2n) is 18.7. The lowest BCUT2D eigenvalue weighted by Crippen LogP contribution is -2.47. The van der Waals surface area contributed by atoms with E-state index in [1.54, 1.807) is 0 Å². The van der Waals surface area contributed by atoms with Gasteiger partial charge in [-0.3, -0.25) is 19.2 Å². The smallest absolute Gasteiger partial charge is 0.312 e. The molecule has 54 heavy (non-hydrogen) atoms. The lowest BCUT2D eigenvalue weighted by atomic mass is 9.59. The topological polar surface area (TPSA) is 146 Å². The van der Waals surface area contributed by atoms with Crippen LogP contribution in [0, 0.1) is 64.6 Å². The molecule has 10 nitrogen and oxygen atoms in total. The van der Waals surface area contributed by atoms with E-state index in [1.165, 1.54) is 71.3 Å². The van der Waals surface area contributed by atoms with Crippen LogP contribution in [0.5, 0.6) is 0 Å². The zero-order valence-corrected chi connectivity index (χ0v) is 33.3. The van der Waals surface area contributed by atoms with Crippen LogP contribution >= 0.6 is 0 Å². The zero-order chi connectivity index (χ0) is 38.2. The van der Waals surface area contributed by atoms with Gasteiger partial charge in [0.1, 0.15) is 6.10 Å². The lowest BCUT2D eigenvalue weighted by molar-refractivity contribution is -0.338. The summed E-state index contributed by atoms with van der Waals surface area (Å²) in [4.78, 5) is 63.2. The van der Waals surface area contributed by atoms with Gasteiger partial charge in [-0.25, -0.2) is 9.78 Å². The van der Waals surface area contributed by atoms with Crippen LogP contribution in [0.25, 0.3) is 0 Å². The van der Waals surface area contributed by atoms with Crippen molar-refractivity contribution in [3.05, 3.63) is 0 Å². The molecule has 0 aromatic rings. The molecule has 0 bridgehead atoms. The molecule has 0 amide bonds. The van der Waals surface area contributed by atoms with E-state index < -0.39 is 29.2 Å². The molecule has 0 spiro atoms. The molecule has 0 aliphatic heterocycles. The molecular formula is C44H70O10. The molecule has 0 saturated heterocycles. The van der Waals surface area contributed by atoms with Crippen LogP contribution in [0.15, 0.2) is 0 Å². The van der Waals surface area contributed by atoms with Gasteiger partial charge in [0.25, 0.3) is 0 Å². The standard InChI is InChI=1S/C44H70O10/c1-44(43(50)51-2,33-16-20-35(21-17-33)53-42(49)37-24-15-31(26-39(37)41(47)48)29-11-7-4-8-12-29)34-18-22-36(23-19-34)54-52-27-32-14-13-30(25-38(32)40(45)46)28-9-5-3-6-10-28/h28-39H,3-27H2,1-2H3,(H,45,46)(H,47,48). The van der Waals surface area contributed by atoms with E-state index in [9.17, 15) is 29.4 Å². The van der Waals surface area contributed by atoms with E-state index in [4.69, 9.17) is 19.2 Å². The third-order valence-corrected chi connectivity index (χ3v) is 15.9. The molecule has 0 aromatic heterocycles. The Labute approximate surface area is 323 Å². The predicted molar refractivity (Wildman–Crippen MR) is 202 cm³/mol. The monoisotopic (exact) mass is 758 g/mol. The molecule has 306 valence electrons. The first-order chi connectivity index (χ1) is 26.1. The third kappa shape index (κ3) is 9.84. The van der Waals surface area contributed by atoms with Crippen molar-refractivity contribution < 1.29 is 48.6 Å². The van der Waals surface area contributed by atoms with Gasteiger partial charge in [-0.15, -0.1) is 0 Å². The van der Waals surface area contributed by atoms with E-state index in [0.29, 0.717) is 56.0 Å². The van der Waals surface area contributed by atoms with Crippen molar-refractivity contribution in [3.8, 4) is 0 Å². The highest BCUT2D eigenvalue weighted by atomic mass is 17.2. The van der Waals surface area contributed by atoms with Crippen molar-refractivity contribution in [2.24, 2.45) is 64.6 Å². The molecule has 6 fully saturated rings. The highest BCUT2D eigenvalue weighted by Crippen LogP contribution is 2.51. The quantitative estimate of drug-likeness (QED) is 0.106. The number of hydrogen-bond acceptors (Lipinski definition) is 8. The molecule has 6 rings (SSSR count). The van der Waals surface area contributed by atoms with Gasteiger partial charge in [0.2, 0.25) is 0 Å². The van der Waals surface area contributed by atoms with Crippen LogP contribution in [0.4, 0.5) is 0 Å². The second-order valence-corrected chi connectivity index (χ2v) is 18.7. The van der Waals surface area contributed by atoms with Crippen LogP contribution in [0.3, 0.4) is 0 Å². The molecule has 7 unspecified atom stereocenters. The highest BCUT2D eigenvalue weighted by Gasteiger charge is 2.51. The van der Waals surface area contributed by atoms with Crippen molar-refractivity contribution in [2.45, 2.75) is 173 Å². The summed E-state index contributed by atoms with van der Waals surface area (Å²) in [5.41, 5.74) is -0.673. The lowest BCUT2D eigenvalue weighted by Gasteiger charge is -2.46. The van der Waals surface area contributed by atoms with Gasteiger partial charge in [0.15, 0.2) is 0 Å². The van der Waals surface area contributed by atoms with Gasteiger partial charge in [-0.2, -0.15) is 0 Å². The Bertz CT molecular complexity index is 1240. The first kappa shape index (κ1) is 41.4. The van der Waals surface area contributed by atoms with Crippen molar-refractivity contribution in [1.29, 1.82) is 0 Å². The minimum atomic E-state index is -0.875. The fourth-order valence-electron chi connectivity index (χ4n) is 12.5. The van der Waals surface area contributed by atoms with Gasteiger partial charge in [0.05, 0.1) is 43.0 Å². The summed E-state index contributed by atoms with van der Waals surface area (Å²) < 4.78 is 11.5. The number of aliphatic carboxylic acids is 2. The Balaban J connectivity index is 0.947. The van der Waals surface area contributed by atoms with Crippen molar-refractivity contribution in [1.82, 2.24) is 0 Å². The normalized spacial score (nSPS) is 37.1. The van der Waals surface area contributed by atoms with E-state index >= 15 is 0 Å². The largest absolute Gasteiger partial charge is 0.481 e. The highest BCUT2D eigenvalue weighted by molar-refractivity contribution is 5.81. The van der Waals surface area contributed by atoms with Gasteiger partial charge >= 0.3 is 23.9 Å². The van der Waals surface area contributed by atoms with Crippen LogP contribution in [0.1, 0.15) is 161 Å². The van der Waals surface area contributed by atoms with Crippen LogP contribution < -0.4 is 0 Å². The van der Waals surface area contributed by atoms with E-state index in [2.05, 4.69) is 6.92 Å². The predicted octanol–water partition coefficient (Wildman–Crippen LogP) is 9.17. The number of carbonyl (C=O) groups excluding carboxylic acids is 2. The Morgan fingerprint density at radius 2 is 1.06 bits per heavy atom. The Hall–Kier alpha value is -2.20. The van der Waals surface area contributed by atoms with Crippen LogP contribution in [0.2, 0.25) is 0 Å². The molecule has 7 atom stereocenters. The Morgan fingerprint density at radius 1 is 0.556 bits per heavy atom. The minimum absolute atomic E-state index is 0.0319. The average Bonchev–Trinajstić information content (AvgIpc) is 3.21. The van der Waals surface area contributed by atoms with Crippen molar-refractivity contribution in [2.75, 3.05) is 13.7 Å². The summed E-state index contributed by atoms with van der Waals surface area (Å²) in [5.74, 6) is -1.41. The van der Waals surface area contributed by atoms with Gasteiger partial charge in [-0.1, -0.05) is 64.2 Å². The molecule has 0 aromatic carbocycles. The molecule has 6 saturated carbocycles. The van der Waals surface area contributed by atoms with Crippen LogP contribution in [-0.2, 0) is 38.4 Å². The van der Waals surface area contributed by atoms with E-state index in [1.807, 2.05) is 0 Å². The Morgan fingerprint density at radius 3 is 1.57 bits per heavy atom. The summed E-state index contributed by atoms with van der Waals surface area (Å²) in [7, 11) is 1.46. The maximum absolute atomic E-state index is 13.5. The van der Waals surface area contributed by atoms with Crippen LogP contribution in [-0.4, -0.2) is 60.0 Å². The second kappa shape index (κ2) is 19.3. The number of ether oxygens (including phenoxy) is 2. The summed E-state index contributed by atoms with van der Waals surface area (Å²) in [5, 5.41) is 20.2. The van der Waals surface area contributed by atoms with E-state index in [0.717, 1.165) is 64.2 Å². The number of esters is 2. The summed E-state index contributed by atoms with van der Waals surface area (Å²) in [6.45, 7) is 2.36. The molecule has 0 radical (unpaired) electrons. The van der Waals surface area contributed by atoms with Crippen molar-refractivity contribution >= 4 is 23.9 Å². The molecular weight excluding hydrogens is 688 g/mol. The van der Waals surface area contributed by atoms with E-state index in [-0.39, 0.29) is 47.8 Å². The van der Waals surface area contributed by atoms with Gasteiger partial charge in [-0.05, 0) is 138 Å². The summed E-state index contributed by atoms with van der Waals surface area (Å²) in [6, 6.07) is 0. The number of carboxylic acid groups (broad SMARTS) is 2. The number of rotatable bonds is 13. The summed E-state index contributed by atoms with van der Waals surface area (Å²) in [6.07, 6.45) is 22.8. The number of hydrogen-bond donors (Lipinski definition) is 2. The molecule has 10 heteroatoms. The third-order valence-electron chi connectivity index (χ3n) is 15.9. The maximum Gasteiger partial charge on any atom is 0.312 e. The molecule has 6 aliphatic carbocycles. The Kier molecular flexibility index (Phi) is 14.8. The van der Waals surface area contributed by atoms with Gasteiger partial charge < -0.3 is 19.7 Å².